The van der Waals surface area contributed by atoms with Crippen molar-refractivity contribution in [3.8, 4) is 17.2 Å². The second-order valence-electron chi connectivity index (χ2n) is 7.25. The molecule has 10 heteroatoms. The first kappa shape index (κ1) is 26.3. The first-order chi connectivity index (χ1) is 17.3. The van der Waals surface area contributed by atoms with Gasteiger partial charge in [-0.25, -0.2) is 4.79 Å². The zero-order valence-corrected chi connectivity index (χ0v) is 21.2. The first-order valence-corrected chi connectivity index (χ1v) is 11.3. The van der Waals surface area contributed by atoms with Gasteiger partial charge in [0.2, 0.25) is 0 Å². The summed E-state index contributed by atoms with van der Waals surface area (Å²) in [5.74, 6) is -1.42. The summed E-state index contributed by atoms with van der Waals surface area (Å²) in [4.78, 5) is 37.9. The van der Waals surface area contributed by atoms with Gasteiger partial charge in [-0.05, 0) is 58.4 Å². The van der Waals surface area contributed by atoms with Crippen LogP contribution in [-0.4, -0.2) is 44.2 Å². The molecule has 0 spiro atoms. The van der Waals surface area contributed by atoms with Crippen LogP contribution in [0.1, 0.15) is 26.3 Å². The second-order valence-corrected chi connectivity index (χ2v) is 8.10. The molecular weight excluding hydrogens is 532 g/mol. The summed E-state index contributed by atoms with van der Waals surface area (Å²) in [6, 6.07) is 15.9. The average Bonchev–Trinajstić information content (AvgIpc) is 2.88. The smallest absolute Gasteiger partial charge is 0.335 e. The van der Waals surface area contributed by atoms with Crippen LogP contribution in [0.2, 0.25) is 0 Å². The van der Waals surface area contributed by atoms with Crippen molar-refractivity contribution in [2.75, 3.05) is 26.6 Å². The summed E-state index contributed by atoms with van der Waals surface area (Å²) >= 11 is 3.34. The van der Waals surface area contributed by atoms with E-state index in [0.29, 0.717) is 27.1 Å². The highest BCUT2D eigenvalue weighted by atomic mass is 79.9. The molecular formula is C26H23BrN2O7. The third-order valence-corrected chi connectivity index (χ3v) is 5.73. The summed E-state index contributed by atoms with van der Waals surface area (Å²) < 4.78 is 16.6. The van der Waals surface area contributed by atoms with Crippen LogP contribution in [0, 0.1) is 0 Å². The quantitative estimate of drug-likeness (QED) is 0.330. The number of carbonyl (C=O) groups is 3. The number of hydrogen-bond donors (Lipinski definition) is 3. The van der Waals surface area contributed by atoms with Crippen LogP contribution in [0.4, 0.5) is 5.69 Å². The fraction of sp³-hybridized carbons (Fsp3) is 0.115. The van der Waals surface area contributed by atoms with Gasteiger partial charge in [0.25, 0.3) is 11.8 Å². The molecule has 0 saturated heterocycles. The molecule has 0 fully saturated rings. The fourth-order valence-electron chi connectivity index (χ4n) is 3.30. The van der Waals surface area contributed by atoms with Crippen LogP contribution in [0.3, 0.4) is 0 Å². The molecule has 0 aliphatic heterocycles. The van der Waals surface area contributed by atoms with Crippen molar-refractivity contribution in [2.45, 2.75) is 0 Å². The standard InChI is InChI=1S/C26H23BrN2O7/c1-34-21-12-11-16(26(32)33)14-19(21)28-25(31)20(29-24(30)17-8-4-5-9-18(17)27)13-15-7-6-10-22(35-2)23(15)36-3/h4-14H,1-3H3,(H,28,31)(H,29,30)(H,32,33). The van der Waals surface area contributed by atoms with Crippen LogP contribution in [0.5, 0.6) is 17.2 Å². The number of rotatable bonds is 9. The topological polar surface area (TPSA) is 123 Å². The van der Waals surface area contributed by atoms with E-state index in [-0.39, 0.29) is 22.7 Å². The van der Waals surface area contributed by atoms with E-state index < -0.39 is 17.8 Å². The predicted molar refractivity (Wildman–Crippen MR) is 138 cm³/mol. The lowest BCUT2D eigenvalue weighted by Gasteiger charge is -2.15. The molecule has 0 atom stereocenters. The lowest BCUT2D eigenvalue weighted by molar-refractivity contribution is -0.113. The van der Waals surface area contributed by atoms with Crippen molar-refractivity contribution in [1.82, 2.24) is 5.32 Å². The molecule has 3 N–H and O–H groups in total. The number of carbonyl (C=O) groups excluding carboxylic acids is 2. The number of aromatic carboxylic acids is 1. The Morgan fingerprint density at radius 1 is 0.889 bits per heavy atom. The van der Waals surface area contributed by atoms with Crippen LogP contribution in [0.15, 0.2) is 70.8 Å². The van der Waals surface area contributed by atoms with Gasteiger partial charge in [0.05, 0.1) is 38.1 Å². The Morgan fingerprint density at radius 2 is 1.61 bits per heavy atom. The minimum atomic E-state index is -1.17. The molecule has 0 heterocycles. The summed E-state index contributed by atoms with van der Waals surface area (Å²) in [5.41, 5.74) is 0.689. The summed E-state index contributed by atoms with van der Waals surface area (Å²) in [5, 5.41) is 14.6. The van der Waals surface area contributed by atoms with E-state index >= 15 is 0 Å². The van der Waals surface area contributed by atoms with Crippen molar-refractivity contribution < 1.29 is 33.7 Å². The van der Waals surface area contributed by atoms with Crippen molar-refractivity contribution in [2.24, 2.45) is 0 Å². The van der Waals surface area contributed by atoms with Gasteiger partial charge in [-0.2, -0.15) is 0 Å². The second kappa shape index (κ2) is 11.9. The Labute approximate surface area is 215 Å². The zero-order valence-electron chi connectivity index (χ0n) is 19.6. The maximum atomic E-state index is 13.4. The number of carboxylic acids is 1. The van der Waals surface area contributed by atoms with E-state index in [2.05, 4.69) is 26.6 Å². The number of para-hydroxylation sites is 1. The number of benzene rings is 3. The number of amides is 2. The van der Waals surface area contributed by atoms with Crippen LogP contribution in [-0.2, 0) is 4.79 Å². The number of carboxylic acid groups (broad SMARTS) is 1. The Bertz CT molecular complexity index is 1340. The molecule has 0 unspecified atom stereocenters. The van der Waals surface area contributed by atoms with Crippen molar-refractivity contribution in [1.29, 1.82) is 0 Å². The molecule has 36 heavy (non-hydrogen) atoms. The maximum absolute atomic E-state index is 13.4. The van der Waals surface area contributed by atoms with Crippen molar-refractivity contribution >= 4 is 45.5 Å². The summed E-state index contributed by atoms with van der Waals surface area (Å²) in [6.07, 6.45) is 1.43. The van der Waals surface area contributed by atoms with Crippen molar-refractivity contribution in [3.63, 3.8) is 0 Å². The Hall–Kier alpha value is -4.31. The van der Waals surface area contributed by atoms with E-state index in [1.165, 1.54) is 45.6 Å². The summed E-state index contributed by atoms with van der Waals surface area (Å²) in [6.45, 7) is 0. The minimum Gasteiger partial charge on any atom is -0.495 e. The predicted octanol–water partition coefficient (Wildman–Crippen LogP) is 4.58. The molecule has 3 aromatic rings. The largest absolute Gasteiger partial charge is 0.495 e. The van der Waals surface area contributed by atoms with Gasteiger partial charge in [0, 0.05) is 10.0 Å². The molecule has 0 aromatic heterocycles. The maximum Gasteiger partial charge on any atom is 0.335 e. The number of nitrogens with one attached hydrogen (secondary N) is 2. The van der Waals surface area contributed by atoms with E-state index in [1.54, 1.807) is 42.5 Å². The first-order valence-electron chi connectivity index (χ1n) is 10.5. The average molecular weight is 555 g/mol. The van der Waals surface area contributed by atoms with E-state index in [9.17, 15) is 19.5 Å². The van der Waals surface area contributed by atoms with E-state index in [1.807, 2.05) is 0 Å². The van der Waals surface area contributed by atoms with Gasteiger partial charge in [-0.3, -0.25) is 9.59 Å². The number of halogens is 1. The van der Waals surface area contributed by atoms with Gasteiger partial charge < -0.3 is 30.0 Å². The van der Waals surface area contributed by atoms with E-state index in [0.717, 1.165) is 0 Å². The highest BCUT2D eigenvalue weighted by Gasteiger charge is 2.20. The third-order valence-electron chi connectivity index (χ3n) is 5.04. The molecule has 3 rings (SSSR count). The Balaban J connectivity index is 2.07. The molecule has 0 aliphatic carbocycles. The highest BCUT2D eigenvalue weighted by Crippen LogP contribution is 2.32. The lowest BCUT2D eigenvalue weighted by atomic mass is 10.1. The molecule has 2 amide bonds. The van der Waals surface area contributed by atoms with Gasteiger partial charge in [-0.1, -0.05) is 24.3 Å². The Morgan fingerprint density at radius 3 is 2.25 bits per heavy atom. The number of anilines is 1. The van der Waals surface area contributed by atoms with Gasteiger partial charge in [-0.15, -0.1) is 0 Å². The SMILES string of the molecule is COc1ccc(C(=O)O)cc1NC(=O)C(=Cc1cccc(OC)c1OC)NC(=O)c1ccccc1Br. The lowest BCUT2D eigenvalue weighted by Crippen LogP contribution is -2.31. The molecule has 0 bridgehead atoms. The van der Waals surface area contributed by atoms with Crippen LogP contribution in [0.25, 0.3) is 6.08 Å². The molecule has 0 saturated carbocycles. The van der Waals surface area contributed by atoms with Crippen LogP contribution < -0.4 is 24.8 Å². The van der Waals surface area contributed by atoms with Crippen molar-refractivity contribution in [3.05, 3.63) is 87.5 Å². The van der Waals surface area contributed by atoms with Gasteiger partial charge >= 0.3 is 5.97 Å². The molecule has 3 aromatic carbocycles. The number of hydrogen-bond acceptors (Lipinski definition) is 6. The van der Waals surface area contributed by atoms with Crippen LogP contribution >= 0.6 is 15.9 Å². The Kier molecular flexibility index (Phi) is 8.69. The highest BCUT2D eigenvalue weighted by molar-refractivity contribution is 9.10. The number of ether oxygens (including phenoxy) is 3. The molecule has 0 radical (unpaired) electrons. The summed E-state index contributed by atoms with van der Waals surface area (Å²) in [7, 11) is 4.32. The van der Waals surface area contributed by atoms with Gasteiger partial charge in [0.15, 0.2) is 11.5 Å². The fourth-order valence-corrected chi connectivity index (χ4v) is 3.77. The molecule has 186 valence electrons. The monoisotopic (exact) mass is 554 g/mol. The number of methoxy groups -OCH3 is 3. The zero-order chi connectivity index (χ0) is 26.2. The third kappa shape index (κ3) is 6.02. The van der Waals surface area contributed by atoms with E-state index in [4.69, 9.17) is 14.2 Å². The molecule has 9 nitrogen and oxygen atoms in total. The molecule has 0 aliphatic rings. The normalized spacial score (nSPS) is 10.8. The van der Waals surface area contributed by atoms with Gasteiger partial charge in [0.1, 0.15) is 11.4 Å². The minimum absolute atomic E-state index is 0.0525.